The van der Waals surface area contributed by atoms with Crippen molar-refractivity contribution >= 4 is 5.78 Å². The average molecular weight is 212 g/mol. The molecule has 1 nitrogen and oxygen atoms in total. The third-order valence-corrected chi connectivity index (χ3v) is 1.61. The molecule has 1 rings (SSSR count). The van der Waals surface area contributed by atoms with Gasteiger partial charge in [0, 0.05) is 23.5 Å². The summed E-state index contributed by atoms with van der Waals surface area (Å²) >= 11 is 0. The van der Waals surface area contributed by atoms with Crippen molar-refractivity contribution < 1.29 is 21.9 Å². The number of ketones is 1. The summed E-state index contributed by atoms with van der Waals surface area (Å²) < 4.78 is 0. The minimum atomic E-state index is 0. The van der Waals surface area contributed by atoms with Crippen LogP contribution in [0.25, 0.3) is 0 Å². The van der Waals surface area contributed by atoms with Crippen molar-refractivity contribution in [3.05, 3.63) is 35.9 Å². The van der Waals surface area contributed by atoms with E-state index in [-0.39, 0.29) is 22.9 Å². The van der Waals surface area contributed by atoms with Crippen molar-refractivity contribution in [1.82, 2.24) is 0 Å². The van der Waals surface area contributed by atoms with Gasteiger partial charge in [0.1, 0.15) is 5.78 Å². The minimum Gasteiger partial charge on any atom is -0.300 e. The monoisotopic (exact) mass is 211 g/mol. The summed E-state index contributed by atoms with van der Waals surface area (Å²) in [6.45, 7) is 1.63. The molecule has 1 radical (unpaired) electrons. The Morgan fingerprint density at radius 2 is 1.83 bits per heavy atom. The van der Waals surface area contributed by atoms with E-state index < -0.39 is 0 Å². The normalized spacial score (nSPS) is 8.75. The first-order valence-electron chi connectivity index (χ1n) is 3.82. The van der Waals surface area contributed by atoms with Gasteiger partial charge in [-0.3, -0.25) is 0 Å². The Morgan fingerprint density at radius 1 is 1.25 bits per heavy atom. The molecule has 0 fully saturated rings. The molecular weight excluding hydrogens is 200 g/mol. The smallest absolute Gasteiger partial charge is 0.130 e. The van der Waals surface area contributed by atoms with Gasteiger partial charge in [0.15, 0.2) is 0 Å². The van der Waals surface area contributed by atoms with Crippen molar-refractivity contribution in [1.29, 1.82) is 0 Å². The van der Waals surface area contributed by atoms with Crippen LogP contribution in [0.2, 0.25) is 0 Å². The number of hydrogen-bond donors (Lipinski definition) is 0. The van der Waals surface area contributed by atoms with Gasteiger partial charge in [0.25, 0.3) is 0 Å². The SMILES string of the molecule is CC(=O)CCc1ccccc1.[Cu]. The minimum absolute atomic E-state index is 0. The maximum atomic E-state index is 10.6. The average Bonchev–Trinajstić information content (AvgIpc) is 2.03. The number of rotatable bonds is 3. The molecule has 2 heteroatoms. The number of carbonyl (C=O) groups excluding carboxylic acids is 1. The fourth-order valence-electron chi connectivity index (χ4n) is 0.965. The third kappa shape index (κ3) is 4.32. The summed E-state index contributed by atoms with van der Waals surface area (Å²) in [6.07, 6.45) is 1.53. The molecule has 0 unspecified atom stereocenters. The maximum absolute atomic E-state index is 10.6. The summed E-state index contributed by atoms with van der Waals surface area (Å²) in [6, 6.07) is 10.1. The van der Waals surface area contributed by atoms with E-state index in [1.165, 1.54) is 5.56 Å². The van der Waals surface area contributed by atoms with Gasteiger partial charge >= 0.3 is 0 Å². The summed E-state index contributed by atoms with van der Waals surface area (Å²) in [7, 11) is 0. The second kappa shape index (κ2) is 5.98. The van der Waals surface area contributed by atoms with Gasteiger partial charge in [-0.2, -0.15) is 0 Å². The van der Waals surface area contributed by atoms with Gasteiger partial charge in [0.2, 0.25) is 0 Å². The summed E-state index contributed by atoms with van der Waals surface area (Å²) in [5.74, 6) is 0.258. The van der Waals surface area contributed by atoms with E-state index in [9.17, 15) is 4.79 Å². The van der Waals surface area contributed by atoms with Gasteiger partial charge in [-0.1, -0.05) is 30.3 Å². The van der Waals surface area contributed by atoms with Gasteiger partial charge in [-0.05, 0) is 18.9 Å². The van der Waals surface area contributed by atoms with Crippen LogP contribution in [-0.2, 0) is 28.3 Å². The zero-order valence-electron chi connectivity index (χ0n) is 7.01. The van der Waals surface area contributed by atoms with E-state index in [2.05, 4.69) is 0 Å². The fourth-order valence-corrected chi connectivity index (χ4v) is 0.965. The van der Waals surface area contributed by atoms with E-state index in [1.807, 2.05) is 30.3 Å². The molecule has 0 amide bonds. The second-order valence-electron chi connectivity index (χ2n) is 2.69. The Hall–Kier alpha value is -0.591. The quantitative estimate of drug-likeness (QED) is 0.701. The second-order valence-corrected chi connectivity index (χ2v) is 2.69. The summed E-state index contributed by atoms with van der Waals surface area (Å²) in [5.41, 5.74) is 1.24. The van der Waals surface area contributed by atoms with Crippen LogP contribution in [0.3, 0.4) is 0 Å². The fraction of sp³-hybridized carbons (Fsp3) is 0.300. The predicted octanol–water partition coefficient (Wildman–Crippen LogP) is 2.21. The third-order valence-electron chi connectivity index (χ3n) is 1.61. The van der Waals surface area contributed by atoms with Crippen LogP contribution in [0.5, 0.6) is 0 Å². The van der Waals surface area contributed by atoms with Crippen molar-refractivity contribution in [2.75, 3.05) is 0 Å². The molecule has 1 aromatic carbocycles. The number of benzene rings is 1. The van der Waals surface area contributed by atoms with Gasteiger partial charge in [-0.15, -0.1) is 0 Å². The molecule has 0 atom stereocenters. The predicted molar refractivity (Wildman–Crippen MR) is 45.4 cm³/mol. The number of aryl methyl sites for hydroxylation is 1. The van der Waals surface area contributed by atoms with E-state index in [0.717, 1.165) is 6.42 Å². The molecule has 0 saturated heterocycles. The Bertz CT molecular complexity index is 231. The molecule has 0 saturated carbocycles. The van der Waals surface area contributed by atoms with Crippen LogP contribution in [-0.4, -0.2) is 5.78 Å². The number of hydrogen-bond acceptors (Lipinski definition) is 1. The Balaban J connectivity index is 0.00000121. The van der Waals surface area contributed by atoms with E-state index in [4.69, 9.17) is 0 Å². The molecule has 12 heavy (non-hydrogen) atoms. The molecule has 0 spiro atoms. The van der Waals surface area contributed by atoms with Crippen molar-refractivity contribution in [2.24, 2.45) is 0 Å². The number of Topliss-reactive ketones (excluding diaryl/α,β-unsaturated/α-hetero) is 1. The molecule has 0 heterocycles. The first kappa shape index (κ1) is 11.4. The van der Waals surface area contributed by atoms with E-state index in [1.54, 1.807) is 6.92 Å². The van der Waals surface area contributed by atoms with Crippen LogP contribution in [0.15, 0.2) is 30.3 Å². The van der Waals surface area contributed by atoms with Crippen LogP contribution in [0.1, 0.15) is 18.9 Å². The molecular formula is C10H12CuO. The molecule has 0 bridgehead atoms. The van der Waals surface area contributed by atoms with Crippen LogP contribution < -0.4 is 0 Å². The molecule has 0 aliphatic rings. The van der Waals surface area contributed by atoms with Crippen LogP contribution in [0, 0.1) is 0 Å². The van der Waals surface area contributed by atoms with Crippen molar-refractivity contribution in [2.45, 2.75) is 19.8 Å². The largest absolute Gasteiger partial charge is 0.300 e. The number of carbonyl (C=O) groups is 1. The van der Waals surface area contributed by atoms with E-state index in [0.29, 0.717) is 6.42 Å². The van der Waals surface area contributed by atoms with Crippen LogP contribution in [0.4, 0.5) is 0 Å². The molecule has 0 aromatic heterocycles. The Morgan fingerprint density at radius 3 is 2.33 bits per heavy atom. The van der Waals surface area contributed by atoms with Gasteiger partial charge in [-0.25, -0.2) is 0 Å². The van der Waals surface area contributed by atoms with Crippen LogP contribution >= 0.6 is 0 Å². The topological polar surface area (TPSA) is 17.1 Å². The summed E-state index contributed by atoms with van der Waals surface area (Å²) in [4.78, 5) is 10.6. The molecule has 0 aliphatic carbocycles. The van der Waals surface area contributed by atoms with Gasteiger partial charge < -0.3 is 4.79 Å². The first-order chi connectivity index (χ1) is 5.29. The van der Waals surface area contributed by atoms with Crippen molar-refractivity contribution in [3.8, 4) is 0 Å². The molecule has 69 valence electrons. The molecule has 0 aliphatic heterocycles. The zero-order chi connectivity index (χ0) is 8.10. The molecule has 1 aromatic rings. The Labute approximate surface area is 83.6 Å². The first-order valence-corrected chi connectivity index (χ1v) is 3.82. The van der Waals surface area contributed by atoms with Crippen molar-refractivity contribution in [3.63, 3.8) is 0 Å². The van der Waals surface area contributed by atoms with Gasteiger partial charge in [0.05, 0.1) is 0 Å². The zero-order valence-corrected chi connectivity index (χ0v) is 7.95. The molecule has 0 N–H and O–H groups in total. The maximum Gasteiger partial charge on any atom is 0.130 e. The standard InChI is InChI=1S/C10H12O.Cu/c1-9(11)7-8-10-5-3-2-4-6-10;/h2-6H,7-8H2,1H3;. The summed E-state index contributed by atoms with van der Waals surface area (Å²) in [5, 5.41) is 0. The Kier molecular flexibility index (Phi) is 5.69. The van der Waals surface area contributed by atoms with E-state index >= 15 is 0 Å².